The van der Waals surface area contributed by atoms with Crippen molar-refractivity contribution < 1.29 is 10.2 Å². The van der Waals surface area contributed by atoms with Crippen LogP contribution in [-0.4, -0.2) is 36.4 Å². The summed E-state index contributed by atoms with van der Waals surface area (Å²) < 4.78 is 0. The number of hydrogen-bond acceptors (Lipinski definition) is 7. The minimum absolute atomic E-state index is 0.00946. The first-order valence-corrected chi connectivity index (χ1v) is 9.33. The van der Waals surface area contributed by atoms with E-state index in [4.69, 9.17) is 5.84 Å². The molecule has 7 N–H and O–H groups in total. The molecule has 3 rings (SSSR count). The summed E-state index contributed by atoms with van der Waals surface area (Å²) in [5.41, 5.74) is 6.12. The highest BCUT2D eigenvalue weighted by Gasteiger charge is 2.19. The molecule has 1 aliphatic rings. The highest BCUT2D eigenvalue weighted by molar-refractivity contribution is 5.57. The number of anilines is 2. The quantitative estimate of drug-likeness (QED) is 0.263. The van der Waals surface area contributed by atoms with Gasteiger partial charge in [-0.1, -0.05) is 13.8 Å². The summed E-state index contributed by atoms with van der Waals surface area (Å²) >= 11 is 0. The lowest BCUT2D eigenvalue weighted by atomic mass is 9.97. The maximum absolute atomic E-state index is 10.3. The zero-order chi connectivity index (χ0) is 19.4. The summed E-state index contributed by atoms with van der Waals surface area (Å²) in [6.07, 6.45) is -0.492. The van der Waals surface area contributed by atoms with Crippen molar-refractivity contribution in [1.29, 1.82) is 0 Å². The molecule has 7 nitrogen and oxygen atoms in total. The lowest BCUT2D eigenvalue weighted by Gasteiger charge is -2.29. The van der Waals surface area contributed by atoms with Gasteiger partial charge in [0.05, 0.1) is 0 Å². The Kier molecular flexibility index (Phi) is 6.05. The molecule has 7 heteroatoms. The monoisotopic (exact) mass is 371 g/mol. The fourth-order valence-electron chi connectivity index (χ4n) is 3.37. The smallest absolute Gasteiger partial charge is 0.125 e. The molecule has 0 radical (unpaired) electrons. The van der Waals surface area contributed by atoms with E-state index in [1.807, 2.05) is 26.0 Å². The van der Waals surface area contributed by atoms with Crippen LogP contribution >= 0.6 is 0 Å². The van der Waals surface area contributed by atoms with Crippen molar-refractivity contribution in [2.75, 3.05) is 36.4 Å². The summed E-state index contributed by atoms with van der Waals surface area (Å²) in [6.45, 7) is 7.97. The summed E-state index contributed by atoms with van der Waals surface area (Å²) in [7, 11) is 0. The third kappa shape index (κ3) is 4.44. The zero-order valence-corrected chi connectivity index (χ0v) is 15.9. The minimum Gasteiger partial charge on any atom is -0.508 e. The van der Waals surface area contributed by atoms with E-state index in [9.17, 15) is 10.2 Å². The van der Waals surface area contributed by atoms with Crippen molar-refractivity contribution in [3.63, 3.8) is 0 Å². The van der Waals surface area contributed by atoms with Gasteiger partial charge in [-0.15, -0.1) is 0 Å². The van der Waals surface area contributed by atoms with Gasteiger partial charge in [0.15, 0.2) is 0 Å². The number of nitrogens with one attached hydrogen (secondary N) is 3. The van der Waals surface area contributed by atoms with Gasteiger partial charge in [0.25, 0.3) is 0 Å². The third-order valence-corrected chi connectivity index (χ3v) is 4.94. The van der Waals surface area contributed by atoms with E-state index < -0.39 is 6.17 Å². The van der Waals surface area contributed by atoms with E-state index >= 15 is 0 Å². The lowest BCUT2D eigenvalue weighted by molar-refractivity contribution is 0.433. The summed E-state index contributed by atoms with van der Waals surface area (Å²) in [5, 5.41) is 27.0. The van der Waals surface area contributed by atoms with Crippen molar-refractivity contribution in [2.45, 2.75) is 25.9 Å². The number of piperazine rings is 1. The molecule has 27 heavy (non-hydrogen) atoms. The van der Waals surface area contributed by atoms with Gasteiger partial charge in [0.2, 0.25) is 0 Å². The Balaban J connectivity index is 1.78. The number of nitrogens with zero attached hydrogens (tertiary/aromatic N) is 1. The topological polar surface area (TPSA) is 106 Å². The number of phenols is 2. The molecule has 0 saturated carbocycles. The maximum Gasteiger partial charge on any atom is 0.125 e. The molecule has 0 spiro atoms. The Morgan fingerprint density at radius 3 is 2.22 bits per heavy atom. The highest BCUT2D eigenvalue weighted by Crippen LogP contribution is 2.35. The van der Waals surface area contributed by atoms with Gasteiger partial charge in [0.1, 0.15) is 17.7 Å². The largest absolute Gasteiger partial charge is 0.508 e. The first-order valence-electron chi connectivity index (χ1n) is 9.33. The number of benzene rings is 2. The Hall–Kier alpha value is -2.48. The van der Waals surface area contributed by atoms with E-state index in [-0.39, 0.29) is 17.4 Å². The molecule has 1 heterocycles. The summed E-state index contributed by atoms with van der Waals surface area (Å²) in [6, 6.07) is 11.3. The zero-order valence-electron chi connectivity index (χ0n) is 15.9. The van der Waals surface area contributed by atoms with Crippen LogP contribution in [0, 0.1) is 0 Å². The molecule has 1 saturated heterocycles. The van der Waals surface area contributed by atoms with Gasteiger partial charge in [-0.05, 0) is 41.8 Å². The van der Waals surface area contributed by atoms with Crippen LogP contribution < -0.4 is 26.8 Å². The number of nitrogens with two attached hydrogens (primary N) is 1. The second-order valence-electron chi connectivity index (χ2n) is 7.15. The van der Waals surface area contributed by atoms with Crippen LogP contribution in [0.15, 0.2) is 36.4 Å². The van der Waals surface area contributed by atoms with Crippen LogP contribution in [0.4, 0.5) is 11.4 Å². The van der Waals surface area contributed by atoms with Crippen molar-refractivity contribution in [3.05, 3.63) is 47.5 Å². The highest BCUT2D eigenvalue weighted by atomic mass is 16.3. The van der Waals surface area contributed by atoms with Gasteiger partial charge in [-0.3, -0.25) is 5.84 Å². The van der Waals surface area contributed by atoms with E-state index in [1.165, 1.54) is 11.8 Å². The van der Waals surface area contributed by atoms with Gasteiger partial charge >= 0.3 is 0 Å². The SMILES string of the molecule is CC(C)c1cc(C(NN)Nc2ccc(N3CCNCC3)cc2)c(O)cc1O. The van der Waals surface area contributed by atoms with Gasteiger partial charge in [0, 0.05) is 49.2 Å². The predicted octanol–water partition coefficient (Wildman–Crippen LogP) is 2.20. The molecule has 0 aliphatic carbocycles. The normalized spacial score (nSPS) is 15.8. The molecule has 0 aromatic heterocycles. The number of hydrogen-bond donors (Lipinski definition) is 6. The number of aromatic hydroxyl groups is 2. The van der Waals surface area contributed by atoms with Crippen molar-refractivity contribution >= 4 is 11.4 Å². The molecule has 146 valence electrons. The molecule has 2 aromatic rings. The van der Waals surface area contributed by atoms with Crippen molar-refractivity contribution in [1.82, 2.24) is 10.7 Å². The Bertz CT molecular complexity index is 758. The molecule has 2 aromatic carbocycles. The first kappa shape index (κ1) is 19.3. The van der Waals surface area contributed by atoms with Crippen LogP contribution in [0.3, 0.4) is 0 Å². The Morgan fingerprint density at radius 1 is 1.00 bits per heavy atom. The average Bonchev–Trinajstić information content (AvgIpc) is 2.67. The van der Waals surface area contributed by atoms with Gasteiger partial charge < -0.3 is 25.7 Å². The molecule has 1 atom stereocenters. The van der Waals surface area contributed by atoms with Crippen LogP contribution in [-0.2, 0) is 0 Å². The van der Waals surface area contributed by atoms with Gasteiger partial charge in [-0.2, -0.15) is 0 Å². The molecular weight excluding hydrogens is 342 g/mol. The standard InChI is InChI=1S/C20H29N5O2/c1-13(2)16-11-17(19(27)12-18(16)26)20(24-21)23-14-3-5-15(6-4-14)25-9-7-22-8-10-25/h3-6,11-13,20,22-24,26-27H,7-10,21H2,1-2H3. The molecule has 1 aliphatic heterocycles. The molecule has 1 unspecified atom stereocenters. The van der Waals surface area contributed by atoms with E-state index in [0.717, 1.165) is 37.4 Å². The molecule has 0 bridgehead atoms. The second-order valence-corrected chi connectivity index (χ2v) is 7.15. The number of hydrazine groups is 1. The van der Waals surface area contributed by atoms with Gasteiger partial charge in [-0.25, -0.2) is 5.43 Å². The Labute approximate surface area is 160 Å². The summed E-state index contributed by atoms with van der Waals surface area (Å²) in [5.74, 6) is 5.93. The molecule has 0 amide bonds. The summed E-state index contributed by atoms with van der Waals surface area (Å²) in [4.78, 5) is 2.35. The van der Waals surface area contributed by atoms with E-state index in [0.29, 0.717) is 5.56 Å². The second kappa shape index (κ2) is 8.47. The molecular formula is C20H29N5O2. The average molecular weight is 371 g/mol. The van der Waals surface area contributed by atoms with E-state index in [1.54, 1.807) is 6.07 Å². The first-order chi connectivity index (χ1) is 13.0. The number of rotatable bonds is 6. The predicted molar refractivity (Wildman–Crippen MR) is 109 cm³/mol. The van der Waals surface area contributed by atoms with Crippen molar-refractivity contribution in [2.24, 2.45) is 5.84 Å². The van der Waals surface area contributed by atoms with Crippen LogP contribution in [0.2, 0.25) is 0 Å². The fraction of sp³-hybridized carbons (Fsp3) is 0.400. The third-order valence-electron chi connectivity index (χ3n) is 4.94. The lowest BCUT2D eigenvalue weighted by Crippen LogP contribution is -2.43. The number of phenolic OH excluding ortho intramolecular Hbond substituents is 2. The fourth-order valence-corrected chi connectivity index (χ4v) is 3.37. The minimum atomic E-state index is -0.492. The van der Waals surface area contributed by atoms with Crippen LogP contribution in [0.1, 0.15) is 37.1 Å². The van der Waals surface area contributed by atoms with E-state index in [2.05, 4.69) is 33.1 Å². The maximum atomic E-state index is 10.3. The van der Waals surface area contributed by atoms with Crippen LogP contribution in [0.5, 0.6) is 11.5 Å². The van der Waals surface area contributed by atoms with Crippen molar-refractivity contribution in [3.8, 4) is 11.5 Å². The van der Waals surface area contributed by atoms with Crippen LogP contribution in [0.25, 0.3) is 0 Å². The molecule has 1 fully saturated rings. The Morgan fingerprint density at radius 2 is 1.63 bits per heavy atom.